The van der Waals surface area contributed by atoms with Crippen molar-refractivity contribution < 1.29 is 8.42 Å². The van der Waals surface area contributed by atoms with Gasteiger partial charge in [0.15, 0.2) is 0 Å². The number of rotatable bonds is 6. The molecule has 0 saturated heterocycles. The van der Waals surface area contributed by atoms with Gasteiger partial charge in [-0.25, -0.2) is 8.42 Å². The average molecular weight is 472 g/mol. The Hall–Kier alpha value is -0.460. The van der Waals surface area contributed by atoms with E-state index in [4.69, 9.17) is 34.8 Å². The van der Waals surface area contributed by atoms with Gasteiger partial charge in [-0.1, -0.05) is 50.7 Å². The molecule has 130 valence electrons. The lowest BCUT2D eigenvalue weighted by atomic mass is 10.2. The van der Waals surface area contributed by atoms with E-state index in [1.165, 1.54) is 16.4 Å². The van der Waals surface area contributed by atoms with Crippen LogP contribution >= 0.6 is 50.7 Å². The van der Waals surface area contributed by atoms with Crippen LogP contribution in [0.25, 0.3) is 0 Å². The molecule has 24 heavy (non-hydrogen) atoms. The molecule has 0 spiro atoms. The minimum absolute atomic E-state index is 0.143. The van der Waals surface area contributed by atoms with Crippen molar-refractivity contribution in [2.45, 2.75) is 24.3 Å². The van der Waals surface area contributed by atoms with E-state index < -0.39 is 10.0 Å². The fraction of sp³-hybridized carbons (Fsp3) is 0.250. The molecule has 2 rings (SSSR count). The van der Waals surface area contributed by atoms with E-state index in [2.05, 4.69) is 15.9 Å². The molecule has 0 aliphatic rings. The van der Waals surface area contributed by atoms with E-state index in [0.717, 1.165) is 0 Å². The molecule has 2 aromatic rings. The molecular formula is C16H15BrCl3NO2S. The molecule has 0 aliphatic carbocycles. The van der Waals surface area contributed by atoms with Gasteiger partial charge in [0, 0.05) is 21.4 Å². The third kappa shape index (κ3) is 4.38. The van der Waals surface area contributed by atoms with Crippen molar-refractivity contribution in [3.8, 4) is 0 Å². The lowest BCUT2D eigenvalue weighted by Gasteiger charge is -2.31. The number of sulfonamides is 1. The van der Waals surface area contributed by atoms with Crippen molar-refractivity contribution in [1.29, 1.82) is 0 Å². The Balaban J connectivity index is 2.61. The van der Waals surface area contributed by atoms with Gasteiger partial charge in [0.2, 0.25) is 0 Å². The van der Waals surface area contributed by atoms with Gasteiger partial charge in [-0.15, -0.1) is 0 Å². The van der Waals surface area contributed by atoms with E-state index >= 15 is 0 Å². The molecular weight excluding hydrogens is 457 g/mol. The molecule has 2 aromatic carbocycles. The van der Waals surface area contributed by atoms with Crippen LogP contribution in [0.4, 0.5) is 5.69 Å². The highest BCUT2D eigenvalue weighted by Gasteiger charge is 2.30. The molecule has 0 N–H and O–H groups in total. The van der Waals surface area contributed by atoms with Crippen LogP contribution in [-0.2, 0) is 10.0 Å². The summed E-state index contributed by atoms with van der Waals surface area (Å²) in [5.74, 6) is 0. The average Bonchev–Trinajstić information content (AvgIpc) is 2.51. The SMILES string of the molecule is C[C@H](CCBr)N(c1cc(Cl)ccc1Cl)S(=O)(=O)c1ccc(Cl)cc1. The lowest BCUT2D eigenvalue weighted by molar-refractivity contribution is 0.577. The maximum absolute atomic E-state index is 13.2. The second-order valence-corrected chi connectivity index (χ2v) is 9.07. The molecule has 1 atom stereocenters. The normalized spacial score (nSPS) is 12.9. The highest BCUT2D eigenvalue weighted by molar-refractivity contribution is 9.09. The molecule has 0 amide bonds. The Morgan fingerprint density at radius 2 is 1.62 bits per heavy atom. The predicted molar refractivity (Wildman–Crippen MR) is 105 cm³/mol. The summed E-state index contributed by atoms with van der Waals surface area (Å²) < 4.78 is 27.7. The van der Waals surface area contributed by atoms with E-state index in [1.807, 2.05) is 6.92 Å². The monoisotopic (exact) mass is 469 g/mol. The largest absolute Gasteiger partial charge is 0.264 e. The van der Waals surface area contributed by atoms with Crippen LogP contribution in [0.2, 0.25) is 15.1 Å². The molecule has 8 heteroatoms. The van der Waals surface area contributed by atoms with Crippen LogP contribution in [0.15, 0.2) is 47.4 Å². The van der Waals surface area contributed by atoms with Gasteiger partial charge in [-0.05, 0) is 55.8 Å². The topological polar surface area (TPSA) is 37.4 Å². The summed E-state index contributed by atoms with van der Waals surface area (Å²) in [5.41, 5.74) is 0.354. The molecule has 0 radical (unpaired) electrons. The molecule has 0 saturated carbocycles. The quantitative estimate of drug-likeness (QED) is 0.484. The number of alkyl halides is 1. The fourth-order valence-electron chi connectivity index (χ4n) is 2.25. The second kappa shape index (κ2) is 8.28. The lowest BCUT2D eigenvalue weighted by Crippen LogP contribution is -2.39. The van der Waals surface area contributed by atoms with Crippen molar-refractivity contribution in [3.63, 3.8) is 0 Å². The van der Waals surface area contributed by atoms with Crippen molar-refractivity contribution in [2.75, 3.05) is 9.64 Å². The Morgan fingerprint density at radius 1 is 1.04 bits per heavy atom. The van der Waals surface area contributed by atoms with Crippen LogP contribution in [0.3, 0.4) is 0 Å². The highest BCUT2D eigenvalue weighted by atomic mass is 79.9. The molecule has 0 bridgehead atoms. The van der Waals surface area contributed by atoms with E-state index in [0.29, 0.717) is 32.5 Å². The van der Waals surface area contributed by atoms with Gasteiger partial charge in [-0.3, -0.25) is 4.31 Å². The van der Waals surface area contributed by atoms with Crippen LogP contribution in [0.1, 0.15) is 13.3 Å². The third-order valence-electron chi connectivity index (χ3n) is 3.44. The first kappa shape index (κ1) is 19.9. The van der Waals surface area contributed by atoms with Crippen molar-refractivity contribution in [3.05, 3.63) is 57.5 Å². The van der Waals surface area contributed by atoms with Gasteiger partial charge in [0.05, 0.1) is 15.6 Å². The molecule has 0 aromatic heterocycles. The van der Waals surface area contributed by atoms with Crippen LogP contribution in [0, 0.1) is 0 Å². The molecule has 0 aliphatic heterocycles. The summed E-state index contributed by atoms with van der Waals surface area (Å²) in [4.78, 5) is 0.143. The van der Waals surface area contributed by atoms with Gasteiger partial charge >= 0.3 is 0 Å². The number of hydrogen-bond acceptors (Lipinski definition) is 2. The summed E-state index contributed by atoms with van der Waals surface area (Å²) in [6.07, 6.45) is 0.607. The minimum atomic E-state index is -3.82. The van der Waals surface area contributed by atoms with Gasteiger partial charge in [0.1, 0.15) is 0 Å². The van der Waals surface area contributed by atoms with Crippen LogP contribution in [0.5, 0.6) is 0 Å². The number of benzene rings is 2. The summed E-state index contributed by atoms with van der Waals surface area (Å²) in [6.45, 7) is 1.83. The highest BCUT2D eigenvalue weighted by Crippen LogP contribution is 2.35. The van der Waals surface area contributed by atoms with Crippen molar-refractivity contribution in [1.82, 2.24) is 0 Å². The standard InChI is InChI=1S/C16H15BrCl3NO2S/c1-11(8-9-17)21(16-10-13(19)4-7-15(16)20)24(22,23)14-5-2-12(18)3-6-14/h2-7,10-11H,8-9H2,1H3/t11-/m1/s1. The zero-order chi connectivity index (χ0) is 17.9. The van der Waals surface area contributed by atoms with Crippen LogP contribution < -0.4 is 4.31 Å². The first-order chi connectivity index (χ1) is 11.3. The predicted octanol–water partition coefficient (Wildman–Crippen LogP) is 6.02. The Morgan fingerprint density at radius 3 is 2.21 bits per heavy atom. The first-order valence-corrected chi connectivity index (χ1v) is 10.8. The summed E-state index contributed by atoms with van der Waals surface area (Å²) in [5, 5.41) is 1.85. The summed E-state index contributed by atoms with van der Waals surface area (Å²) in [7, 11) is -3.82. The van der Waals surface area contributed by atoms with E-state index in [-0.39, 0.29) is 10.9 Å². The minimum Gasteiger partial charge on any atom is -0.262 e. The molecule has 0 fully saturated rings. The van der Waals surface area contributed by atoms with Crippen LogP contribution in [-0.4, -0.2) is 19.8 Å². The Kier molecular flexibility index (Phi) is 6.85. The van der Waals surface area contributed by atoms with E-state index in [9.17, 15) is 8.42 Å². The number of anilines is 1. The van der Waals surface area contributed by atoms with Gasteiger partial charge in [0.25, 0.3) is 10.0 Å². The van der Waals surface area contributed by atoms with Gasteiger partial charge < -0.3 is 0 Å². The Bertz CT molecular complexity index is 813. The maximum atomic E-state index is 13.2. The zero-order valence-corrected chi connectivity index (χ0v) is 17.4. The third-order valence-corrected chi connectivity index (χ3v) is 6.65. The summed E-state index contributed by atoms with van der Waals surface area (Å²) >= 11 is 21.5. The summed E-state index contributed by atoms with van der Waals surface area (Å²) in [6, 6.07) is 10.5. The van der Waals surface area contributed by atoms with Crippen molar-refractivity contribution >= 4 is 66.4 Å². The smallest absolute Gasteiger partial charge is 0.262 e. The zero-order valence-electron chi connectivity index (χ0n) is 12.7. The number of hydrogen-bond donors (Lipinski definition) is 0. The van der Waals surface area contributed by atoms with Gasteiger partial charge in [-0.2, -0.15) is 0 Å². The first-order valence-electron chi connectivity index (χ1n) is 7.08. The Labute approximate surface area is 165 Å². The second-order valence-electron chi connectivity index (χ2n) is 5.18. The molecule has 0 heterocycles. The van der Waals surface area contributed by atoms with E-state index in [1.54, 1.807) is 30.3 Å². The fourth-order valence-corrected chi connectivity index (χ4v) is 5.16. The van der Waals surface area contributed by atoms with Crippen molar-refractivity contribution in [2.24, 2.45) is 0 Å². The maximum Gasteiger partial charge on any atom is 0.264 e. The molecule has 0 unspecified atom stereocenters. The number of halogens is 4. The molecule has 3 nitrogen and oxygen atoms in total. The number of nitrogens with zero attached hydrogens (tertiary/aromatic N) is 1.